The average Bonchev–Trinajstić information content (AvgIpc) is 3.21. The summed E-state index contributed by atoms with van der Waals surface area (Å²) in [5.41, 5.74) is 1.22. The molecule has 1 amide bonds. The van der Waals surface area contributed by atoms with E-state index in [4.69, 9.17) is 0 Å². The number of nitrogens with one attached hydrogen (secondary N) is 2. The Morgan fingerprint density at radius 2 is 1.96 bits per heavy atom. The predicted octanol–water partition coefficient (Wildman–Crippen LogP) is 2.46. The van der Waals surface area contributed by atoms with Crippen LogP contribution in [0.4, 0.5) is 11.5 Å². The Balaban J connectivity index is 1.61. The van der Waals surface area contributed by atoms with Gasteiger partial charge in [-0.25, -0.2) is 8.42 Å². The number of aryl methyl sites for hydroxylation is 1. The number of anilines is 2. The normalized spacial score (nSPS) is 11.2. The van der Waals surface area contributed by atoms with Gasteiger partial charge in [0.05, 0.1) is 6.42 Å². The van der Waals surface area contributed by atoms with Crippen LogP contribution in [0.1, 0.15) is 5.56 Å². The molecule has 0 bridgehead atoms. The van der Waals surface area contributed by atoms with Gasteiger partial charge in [-0.05, 0) is 29.1 Å². The largest absolute Gasteiger partial charge is 0.309 e. The number of amides is 1. The van der Waals surface area contributed by atoms with Crippen LogP contribution < -0.4 is 10.0 Å². The van der Waals surface area contributed by atoms with Crippen molar-refractivity contribution in [3.63, 3.8) is 0 Å². The summed E-state index contributed by atoms with van der Waals surface area (Å²) in [6.45, 7) is 0. The fourth-order valence-corrected chi connectivity index (χ4v) is 4.22. The van der Waals surface area contributed by atoms with Gasteiger partial charge in [0.1, 0.15) is 4.21 Å². The Bertz CT molecular complexity index is 961. The molecule has 2 heterocycles. The number of benzene rings is 1. The minimum atomic E-state index is -3.57. The van der Waals surface area contributed by atoms with Crippen LogP contribution in [0.2, 0.25) is 0 Å². The molecule has 0 aliphatic carbocycles. The number of carbonyl (C=O) groups excluding carboxylic acids is 1. The maximum absolute atomic E-state index is 12.2. The molecule has 0 atom stereocenters. The van der Waals surface area contributed by atoms with Gasteiger partial charge in [0.2, 0.25) is 5.91 Å². The Hall–Kier alpha value is -2.65. The van der Waals surface area contributed by atoms with E-state index in [0.29, 0.717) is 11.5 Å². The van der Waals surface area contributed by atoms with Gasteiger partial charge >= 0.3 is 0 Å². The molecule has 2 aromatic heterocycles. The maximum Gasteiger partial charge on any atom is 0.271 e. The van der Waals surface area contributed by atoms with Gasteiger partial charge in [-0.3, -0.25) is 14.2 Å². The average molecular weight is 376 g/mol. The van der Waals surface area contributed by atoms with Crippen LogP contribution in [0.5, 0.6) is 0 Å². The van der Waals surface area contributed by atoms with Gasteiger partial charge in [-0.15, -0.1) is 11.3 Å². The fraction of sp³-hybridized carbons (Fsp3) is 0.125. The second kappa shape index (κ2) is 7.08. The molecule has 7 nitrogen and oxygen atoms in total. The highest BCUT2D eigenvalue weighted by Gasteiger charge is 2.15. The molecule has 2 N–H and O–H groups in total. The third-order valence-electron chi connectivity index (χ3n) is 3.31. The minimum absolute atomic E-state index is 0.175. The van der Waals surface area contributed by atoms with E-state index >= 15 is 0 Å². The lowest BCUT2D eigenvalue weighted by atomic mass is 10.1. The highest BCUT2D eigenvalue weighted by molar-refractivity contribution is 7.94. The molecular formula is C16H16N4O3S2. The van der Waals surface area contributed by atoms with Crippen molar-refractivity contribution < 1.29 is 13.2 Å². The van der Waals surface area contributed by atoms with Crippen LogP contribution in [0.15, 0.2) is 58.3 Å². The number of thiophene rings is 1. The van der Waals surface area contributed by atoms with Gasteiger partial charge in [0.25, 0.3) is 10.0 Å². The van der Waals surface area contributed by atoms with Gasteiger partial charge in [0, 0.05) is 25.0 Å². The number of nitrogens with zero attached hydrogens (tertiary/aromatic N) is 2. The highest BCUT2D eigenvalue weighted by Crippen LogP contribution is 2.20. The van der Waals surface area contributed by atoms with Crippen molar-refractivity contribution in [2.45, 2.75) is 10.6 Å². The van der Waals surface area contributed by atoms with E-state index in [1.54, 1.807) is 65.8 Å². The fourth-order valence-electron chi connectivity index (χ4n) is 2.17. The molecule has 0 aliphatic rings. The summed E-state index contributed by atoms with van der Waals surface area (Å²) in [4.78, 5) is 12.0. The number of sulfonamides is 1. The zero-order valence-electron chi connectivity index (χ0n) is 13.3. The number of hydrogen-bond acceptors (Lipinski definition) is 5. The number of rotatable bonds is 6. The van der Waals surface area contributed by atoms with Crippen LogP contribution >= 0.6 is 11.3 Å². The molecule has 3 rings (SSSR count). The first-order valence-electron chi connectivity index (χ1n) is 7.37. The molecule has 9 heteroatoms. The monoisotopic (exact) mass is 376 g/mol. The molecule has 0 spiro atoms. The Morgan fingerprint density at radius 1 is 1.20 bits per heavy atom. The van der Waals surface area contributed by atoms with Gasteiger partial charge in [-0.1, -0.05) is 18.2 Å². The number of carbonyl (C=O) groups is 1. The van der Waals surface area contributed by atoms with Crippen molar-refractivity contribution in [2.75, 3.05) is 10.0 Å². The molecule has 0 saturated heterocycles. The zero-order chi connectivity index (χ0) is 17.9. The molecule has 1 aromatic carbocycles. The van der Waals surface area contributed by atoms with Crippen LogP contribution in [0.3, 0.4) is 0 Å². The zero-order valence-corrected chi connectivity index (χ0v) is 15.0. The Kier molecular flexibility index (Phi) is 4.86. The summed E-state index contributed by atoms with van der Waals surface area (Å²) in [6, 6.07) is 11.6. The predicted molar refractivity (Wildman–Crippen MR) is 97.1 cm³/mol. The van der Waals surface area contributed by atoms with Crippen LogP contribution in [-0.2, 0) is 28.3 Å². The Labute approximate surface area is 149 Å². The van der Waals surface area contributed by atoms with Crippen molar-refractivity contribution in [1.29, 1.82) is 0 Å². The van der Waals surface area contributed by atoms with Gasteiger partial charge < -0.3 is 5.32 Å². The molecule has 0 fully saturated rings. The van der Waals surface area contributed by atoms with Crippen LogP contribution in [-0.4, -0.2) is 24.1 Å². The second-order valence-electron chi connectivity index (χ2n) is 5.33. The second-order valence-corrected chi connectivity index (χ2v) is 8.19. The first kappa shape index (κ1) is 17.2. The summed E-state index contributed by atoms with van der Waals surface area (Å²) in [5.74, 6) is 0.304. The first-order valence-corrected chi connectivity index (χ1v) is 9.73. The van der Waals surface area contributed by atoms with Crippen molar-refractivity contribution in [1.82, 2.24) is 9.78 Å². The summed E-state index contributed by atoms with van der Waals surface area (Å²) in [5, 5.41) is 8.49. The van der Waals surface area contributed by atoms with Gasteiger partial charge in [-0.2, -0.15) is 5.10 Å². The summed E-state index contributed by atoms with van der Waals surface area (Å²) >= 11 is 1.15. The minimum Gasteiger partial charge on any atom is -0.309 e. The highest BCUT2D eigenvalue weighted by atomic mass is 32.2. The van der Waals surface area contributed by atoms with E-state index in [9.17, 15) is 13.2 Å². The molecule has 25 heavy (non-hydrogen) atoms. The van der Waals surface area contributed by atoms with Crippen LogP contribution in [0.25, 0.3) is 0 Å². The lowest BCUT2D eigenvalue weighted by molar-refractivity contribution is -0.115. The van der Waals surface area contributed by atoms with Crippen LogP contribution in [0, 0.1) is 0 Å². The summed E-state index contributed by atoms with van der Waals surface area (Å²) in [6.07, 6.45) is 1.92. The standard InChI is InChI=1S/C16H16N4O3S2/c1-20-9-8-14(18-20)17-15(21)11-12-4-6-13(7-5-12)19-25(22,23)16-3-2-10-24-16/h2-10,19H,11H2,1H3,(H,17,18,21). The first-order chi connectivity index (χ1) is 11.9. The van der Waals surface area contributed by atoms with E-state index < -0.39 is 10.0 Å². The molecule has 3 aromatic rings. The lowest BCUT2D eigenvalue weighted by Crippen LogP contribution is -2.15. The third-order valence-corrected chi connectivity index (χ3v) is 6.09. The summed E-state index contributed by atoms with van der Waals surface area (Å²) in [7, 11) is -1.80. The van der Waals surface area contributed by atoms with Crippen molar-refractivity contribution >= 4 is 38.8 Å². The molecular weight excluding hydrogens is 360 g/mol. The SMILES string of the molecule is Cn1ccc(NC(=O)Cc2ccc(NS(=O)(=O)c3cccs3)cc2)n1. The van der Waals surface area contributed by atoms with E-state index in [0.717, 1.165) is 16.9 Å². The Morgan fingerprint density at radius 3 is 2.56 bits per heavy atom. The molecule has 0 aliphatic heterocycles. The topological polar surface area (TPSA) is 93.1 Å². The molecule has 130 valence electrons. The van der Waals surface area contributed by atoms with E-state index in [2.05, 4.69) is 15.1 Å². The number of aromatic nitrogens is 2. The summed E-state index contributed by atoms with van der Waals surface area (Å²) < 4.78 is 28.7. The molecule has 0 unspecified atom stereocenters. The molecule has 0 saturated carbocycles. The van der Waals surface area contributed by atoms with E-state index in [-0.39, 0.29) is 16.5 Å². The molecule has 0 radical (unpaired) electrons. The number of hydrogen-bond donors (Lipinski definition) is 2. The quantitative estimate of drug-likeness (QED) is 0.691. The van der Waals surface area contributed by atoms with Crippen molar-refractivity contribution in [3.8, 4) is 0 Å². The van der Waals surface area contributed by atoms with E-state index in [1.165, 1.54) is 0 Å². The maximum atomic E-state index is 12.2. The smallest absolute Gasteiger partial charge is 0.271 e. The van der Waals surface area contributed by atoms with Gasteiger partial charge in [0.15, 0.2) is 5.82 Å². The van der Waals surface area contributed by atoms with Crippen molar-refractivity contribution in [2.24, 2.45) is 7.05 Å². The lowest BCUT2D eigenvalue weighted by Gasteiger charge is -2.07. The third kappa shape index (κ3) is 4.46. The van der Waals surface area contributed by atoms with Crippen molar-refractivity contribution in [3.05, 3.63) is 59.6 Å². The van der Waals surface area contributed by atoms with E-state index in [1.807, 2.05) is 0 Å².